The molecule has 1 aromatic carbocycles. The summed E-state index contributed by atoms with van der Waals surface area (Å²) in [4.78, 5) is 34.9. The summed E-state index contributed by atoms with van der Waals surface area (Å²) in [6.07, 6.45) is 2.50. The van der Waals surface area contributed by atoms with E-state index >= 15 is 0 Å². The number of carbonyl (C=O) groups excluding carboxylic acids is 2. The van der Waals surface area contributed by atoms with Crippen LogP contribution in [0.5, 0.6) is 0 Å². The molecule has 8 heteroatoms. The molecule has 0 bridgehead atoms. The minimum Gasteiger partial charge on any atom is -0.452 e. The molecule has 1 N–H and O–H groups in total. The van der Waals surface area contributed by atoms with Crippen LogP contribution in [0.2, 0.25) is 5.02 Å². The van der Waals surface area contributed by atoms with Crippen LogP contribution in [-0.2, 0) is 14.3 Å². The van der Waals surface area contributed by atoms with E-state index in [-0.39, 0.29) is 33.7 Å². The van der Waals surface area contributed by atoms with Crippen LogP contribution in [0, 0.1) is 27.4 Å². The first-order chi connectivity index (χ1) is 13.0. The molecule has 1 amide bonds. The highest BCUT2D eigenvalue weighted by atomic mass is 35.5. The second kappa shape index (κ2) is 8.90. The third-order valence-corrected chi connectivity index (χ3v) is 5.68. The van der Waals surface area contributed by atoms with Crippen molar-refractivity contribution < 1.29 is 19.2 Å². The molecule has 1 saturated carbocycles. The molecule has 0 heterocycles. The number of nitro benzene ring substituents is 1. The van der Waals surface area contributed by atoms with Crippen LogP contribution >= 0.6 is 11.6 Å². The van der Waals surface area contributed by atoms with Gasteiger partial charge >= 0.3 is 5.97 Å². The summed E-state index contributed by atoms with van der Waals surface area (Å²) in [7, 11) is 0. The SMILES string of the molecule is C[C@@H](OC(=O)C1CCC(C(C)(C)C)CC1)C(=O)Nc1ccc([N+](=O)[O-])cc1Cl. The van der Waals surface area contributed by atoms with Gasteiger partial charge in [0.05, 0.1) is 21.6 Å². The fourth-order valence-corrected chi connectivity index (χ4v) is 3.69. The van der Waals surface area contributed by atoms with Crippen LogP contribution in [0.1, 0.15) is 53.4 Å². The summed E-state index contributed by atoms with van der Waals surface area (Å²) in [5, 5.41) is 13.3. The number of rotatable bonds is 5. The summed E-state index contributed by atoms with van der Waals surface area (Å²) >= 11 is 5.97. The minimum atomic E-state index is -0.987. The smallest absolute Gasteiger partial charge is 0.309 e. The monoisotopic (exact) mass is 410 g/mol. The van der Waals surface area contributed by atoms with Gasteiger partial charge in [-0.1, -0.05) is 32.4 Å². The van der Waals surface area contributed by atoms with Crippen LogP contribution in [-0.4, -0.2) is 22.9 Å². The molecule has 0 spiro atoms. The Morgan fingerprint density at radius 3 is 2.36 bits per heavy atom. The number of esters is 1. The number of ether oxygens (including phenoxy) is 1. The summed E-state index contributed by atoms with van der Waals surface area (Å²) < 4.78 is 5.34. The number of nitrogens with one attached hydrogen (secondary N) is 1. The molecule has 1 aliphatic rings. The van der Waals surface area contributed by atoms with E-state index in [4.69, 9.17) is 16.3 Å². The van der Waals surface area contributed by atoms with E-state index in [1.165, 1.54) is 19.1 Å². The van der Waals surface area contributed by atoms with Gasteiger partial charge in [0.1, 0.15) is 0 Å². The molecular weight excluding hydrogens is 384 g/mol. The zero-order chi connectivity index (χ0) is 21.1. The van der Waals surface area contributed by atoms with Crippen LogP contribution < -0.4 is 5.32 Å². The molecule has 1 fully saturated rings. The maximum absolute atomic E-state index is 12.4. The molecule has 7 nitrogen and oxygen atoms in total. The van der Waals surface area contributed by atoms with Crippen molar-refractivity contribution in [2.24, 2.45) is 17.3 Å². The molecule has 2 rings (SSSR count). The van der Waals surface area contributed by atoms with Crippen LogP contribution in [0.4, 0.5) is 11.4 Å². The average molecular weight is 411 g/mol. The van der Waals surface area contributed by atoms with Crippen molar-refractivity contribution in [1.29, 1.82) is 0 Å². The lowest BCUT2D eigenvalue weighted by Gasteiger charge is -2.36. The molecular formula is C20H27ClN2O5. The predicted molar refractivity (Wildman–Crippen MR) is 107 cm³/mol. The molecule has 1 aliphatic carbocycles. The van der Waals surface area contributed by atoms with E-state index in [1.54, 1.807) is 0 Å². The number of halogens is 1. The Morgan fingerprint density at radius 2 is 1.86 bits per heavy atom. The standard InChI is InChI=1S/C20H27ClN2O5/c1-12(18(24)22-17-10-9-15(23(26)27)11-16(17)21)28-19(25)13-5-7-14(8-6-13)20(2,3)4/h9-14H,5-8H2,1-4H3,(H,22,24)/t12-,13?,14?/m1/s1. The van der Waals surface area contributed by atoms with Crippen molar-refractivity contribution >= 4 is 34.9 Å². The van der Waals surface area contributed by atoms with Crippen molar-refractivity contribution in [3.05, 3.63) is 33.3 Å². The number of non-ortho nitro benzene ring substituents is 1. The largest absolute Gasteiger partial charge is 0.452 e. The van der Waals surface area contributed by atoms with Crippen molar-refractivity contribution in [3.63, 3.8) is 0 Å². The molecule has 1 aromatic rings. The van der Waals surface area contributed by atoms with Crippen molar-refractivity contribution in [2.75, 3.05) is 5.32 Å². The highest BCUT2D eigenvalue weighted by Gasteiger charge is 2.34. The second-order valence-electron chi connectivity index (χ2n) is 8.40. The number of benzene rings is 1. The molecule has 154 valence electrons. The van der Waals surface area contributed by atoms with Gasteiger partial charge in [0.25, 0.3) is 11.6 Å². The normalized spacial score (nSPS) is 20.9. The lowest BCUT2D eigenvalue weighted by Crippen LogP contribution is -2.34. The predicted octanol–water partition coefficient (Wildman–Crippen LogP) is 4.97. The lowest BCUT2D eigenvalue weighted by atomic mass is 9.70. The van der Waals surface area contributed by atoms with E-state index in [0.29, 0.717) is 5.92 Å². The Balaban J connectivity index is 1.89. The van der Waals surface area contributed by atoms with Gasteiger partial charge in [-0.2, -0.15) is 0 Å². The molecule has 1 atom stereocenters. The Bertz CT molecular complexity index is 751. The Hall–Kier alpha value is -2.15. The number of amides is 1. The number of anilines is 1. The fourth-order valence-electron chi connectivity index (χ4n) is 3.47. The number of hydrogen-bond acceptors (Lipinski definition) is 5. The maximum Gasteiger partial charge on any atom is 0.309 e. The van der Waals surface area contributed by atoms with E-state index in [9.17, 15) is 19.7 Å². The summed E-state index contributed by atoms with van der Waals surface area (Å²) in [6.45, 7) is 8.14. The molecule has 0 aromatic heterocycles. The minimum absolute atomic E-state index is 0.0431. The highest BCUT2D eigenvalue weighted by Crippen LogP contribution is 2.40. The van der Waals surface area contributed by atoms with Crippen LogP contribution in [0.3, 0.4) is 0 Å². The molecule has 0 unspecified atom stereocenters. The van der Waals surface area contributed by atoms with Gasteiger partial charge in [0.15, 0.2) is 6.10 Å². The van der Waals surface area contributed by atoms with Gasteiger partial charge in [0.2, 0.25) is 0 Å². The van der Waals surface area contributed by atoms with Gasteiger partial charge in [-0.25, -0.2) is 0 Å². The Morgan fingerprint density at radius 1 is 1.25 bits per heavy atom. The zero-order valence-electron chi connectivity index (χ0n) is 16.7. The number of carbonyl (C=O) groups is 2. The lowest BCUT2D eigenvalue weighted by molar-refractivity contribution is -0.384. The first kappa shape index (κ1) is 22.1. The van der Waals surface area contributed by atoms with Gasteiger partial charge < -0.3 is 10.1 Å². The van der Waals surface area contributed by atoms with Gasteiger partial charge in [-0.3, -0.25) is 19.7 Å². The first-order valence-corrected chi connectivity index (χ1v) is 9.82. The first-order valence-electron chi connectivity index (χ1n) is 9.44. The topological polar surface area (TPSA) is 98.5 Å². The molecule has 28 heavy (non-hydrogen) atoms. The average Bonchev–Trinajstić information content (AvgIpc) is 2.62. The summed E-state index contributed by atoms with van der Waals surface area (Å²) in [5.74, 6) is -0.490. The van der Waals surface area contributed by atoms with Crippen LogP contribution in [0.15, 0.2) is 18.2 Å². The number of nitro groups is 1. The van der Waals surface area contributed by atoms with E-state index in [0.717, 1.165) is 31.7 Å². The number of hydrogen-bond donors (Lipinski definition) is 1. The summed E-state index contributed by atoms with van der Waals surface area (Å²) in [6, 6.07) is 3.74. The van der Waals surface area contributed by atoms with Crippen molar-refractivity contribution in [2.45, 2.75) is 59.5 Å². The highest BCUT2D eigenvalue weighted by molar-refractivity contribution is 6.34. The van der Waals surface area contributed by atoms with Crippen LogP contribution in [0.25, 0.3) is 0 Å². The molecule has 0 saturated heterocycles. The third kappa shape index (κ3) is 5.67. The quantitative estimate of drug-likeness (QED) is 0.419. The second-order valence-corrected chi connectivity index (χ2v) is 8.81. The van der Waals surface area contributed by atoms with E-state index < -0.39 is 16.9 Å². The third-order valence-electron chi connectivity index (χ3n) is 5.37. The molecule has 0 radical (unpaired) electrons. The Kier molecular flexibility index (Phi) is 7.04. The van der Waals surface area contributed by atoms with Gasteiger partial charge in [-0.15, -0.1) is 0 Å². The zero-order valence-corrected chi connectivity index (χ0v) is 17.4. The van der Waals surface area contributed by atoms with Crippen molar-refractivity contribution in [3.8, 4) is 0 Å². The molecule has 0 aliphatic heterocycles. The Labute approximate surface area is 169 Å². The fraction of sp³-hybridized carbons (Fsp3) is 0.600. The summed E-state index contributed by atoms with van der Waals surface area (Å²) in [5.41, 5.74) is 0.283. The van der Waals surface area contributed by atoms with Crippen molar-refractivity contribution in [1.82, 2.24) is 0 Å². The van der Waals surface area contributed by atoms with E-state index in [2.05, 4.69) is 26.1 Å². The van der Waals surface area contributed by atoms with Gasteiger partial charge in [0, 0.05) is 12.1 Å². The number of nitrogens with zero attached hydrogens (tertiary/aromatic N) is 1. The van der Waals surface area contributed by atoms with Gasteiger partial charge in [-0.05, 0) is 50.0 Å². The maximum atomic E-state index is 12.4. The van der Waals surface area contributed by atoms with E-state index in [1.807, 2.05) is 0 Å².